The van der Waals surface area contributed by atoms with Crippen LogP contribution in [-0.2, 0) is 13.1 Å². The Hall–Kier alpha value is -2.17. The predicted octanol–water partition coefficient (Wildman–Crippen LogP) is 0.690. The van der Waals surface area contributed by atoms with Gasteiger partial charge in [-0.2, -0.15) is 0 Å². The predicted molar refractivity (Wildman–Crippen MR) is 103 cm³/mol. The minimum absolute atomic E-state index is 0.108. The number of ether oxygens (including phenoxy) is 1. The molecule has 2 aromatic carbocycles. The van der Waals surface area contributed by atoms with Crippen LogP contribution < -0.4 is 14.5 Å². The lowest BCUT2D eigenvalue weighted by Crippen LogP contribution is -3.27. The van der Waals surface area contributed by atoms with E-state index in [4.69, 9.17) is 4.74 Å². The van der Waals surface area contributed by atoms with E-state index in [1.807, 2.05) is 18.2 Å². The molecule has 1 aliphatic rings. The minimum atomic E-state index is 0.108. The Morgan fingerprint density at radius 3 is 2.15 bits per heavy atom. The summed E-state index contributed by atoms with van der Waals surface area (Å²) < 4.78 is 5.51. The van der Waals surface area contributed by atoms with Crippen molar-refractivity contribution < 1.29 is 19.3 Å². The van der Waals surface area contributed by atoms with Gasteiger partial charge in [0.05, 0.1) is 7.11 Å². The molecular weight excluding hydrogens is 324 g/mol. The summed E-state index contributed by atoms with van der Waals surface area (Å²) in [4.78, 5) is 14.9. The molecule has 0 atom stereocenters. The van der Waals surface area contributed by atoms with Crippen molar-refractivity contribution in [3.63, 3.8) is 0 Å². The van der Waals surface area contributed by atoms with Gasteiger partial charge < -0.3 is 14.5 Å². The Morgan fingerprint density at radius 1 is 0.962 bits per heavy atom. The topological polar surface area (TPSA) is 35.2 Å². The number of quaternary nitrogens is 2. The second-order valence-electron chi connectivity index (χ2n) is 7.36. The van der Waals surface area contributed by atoms with Crippen LogP contribution in [0.15, 0.2) is 42.5 Å². The minimum Gasteiger partial charge on any atom is -0.496 e. The van der Waals surface area contributed by atoms with Crippen molar-refractivity contribution in [2.24, 2.45) is 0 Å². The van der Waals surface area contributed by atoms with Gasteiger partial charge in [0.25, 0.3) is 0 Å². The van der Waals surface area contributed by atoms with Gasteiger partial charge in [-0.05, 0) is 37.6 Å². The molecular formula is C22H30N2O2+2. The molecule has 1 saturated heterocycles. The third-order valence-electron chi connectivity index (χ3n) is 5.49. The summed E-state index contributed by atoms with van der Waals surface area (Å²) in [6, 6.07) is 14.5. The average Bonchev–Trinajstić information content (AvgIpc) is 2.65. The van der Waals surface area contributed by atoms with Crippen molar-refractivity contribution in [3.8, 4) is 5.75 Å². The molecule has 4 nitrogen and oxygen atoms in total. The Kier molecular flexibility index (Phi) is 6.07. The number of hydrogen-bond donors (Lipinski definition) is 2. The van der Waals surface area contributed by atoms with Gasteiger partial charge in [-0.15, -0.1) is 0 Å². The maximum Gasteiger partial charge on any atom is 0.159 e. The lowest BCUT2D eigenvalue weighted by molar-refractivity contribution is -1.02. The van der Waals surface area contributed by atoms with Gasteiger partial charge in [0.15, 0.2) is 5.78 Å². The number of aryl methyl sites for hydroxylation is 1. The number of rotatable bonds is 6. The highest BCUT2D eigenvalue weighted by Crippen LogP contribution is 2.19. The van der Waals surface area contributed by atoms with Crippen LogP contribution in [0.1, 0.15) is 34.0 Å². The van der Waals surface area contributed by atoms with E-state index in [9.17, 15) is 4.79 Å². The van der Waals surface area contributed by atoms with Crippen LogP contribution in [0.25, 0.3) is 0 Å². The van der Waals surface area contributed by atoms with Crippen molar-refractivity contribution in [3.05, 3.63) is 64.7 Å². The third-order valence-corrected chi connectivity index (χ3v) is 5.49. The molecule has 1 fully saturated rings. The van der Waals surface area contributed by atoms with Crippen LogP contribution in [-0.4, -0.2) is 39.1 Å². The van der Waals surface area contributed by atoms with Gasteiger partial charge >= 0.3 is 0 Å². The molecule has 1 heterocycles. The van der Waals surface area contributed by atoms with E-state index in [0.29, 0.717) is 0 Å². The summed E-state index contributed by atoms with van der Waals surface area (Å²) in [5.74, 6) is 0.994. The van der Waals surface area contributed by atoms with E-state index in [1.165, 1.54) is 24.2 Å². The monoisotopic (exact) mass is 354 g/mol. The quantitative estimate of drug-likeness (QED) is 0.749. The molecule has 0 saturated carbocycles. The van der Waals surface area contributed by atoms with Crippen LogP contribution in [0.4, 0.5) is 0 Å². The summed E-state index contributed by atoms with van der Waals surface area (Å²) in [5, 5.41) is 0. The molecule has 26 heavy (non-hydrogen) atoms. The first-order valence-corrected chi connectivity index (χ1v) is 9.46. The molecule has 2 N–H and O–H groups in total. The van der Waals surface area contributed by atoms with E-state index in [2.05, 4.69) is 31.2 Å². The SMILES string of the molecule is COc1ccc(C(C)=O)cc1C[NH+]1CC[NH+](Cc2ccccc2C)CC1. The number of carbonyl (C=O) groups is 1. The molecule has 0 spiro atoms. The number of benzene rings is 2. The number of ketones is 1. The van der Waals surface area contributed by atoms with Crippen LogP contribution in [0, 0.1) is 6.92 Å². The Bertz CT molecular complexity index is 764. The van der Waals surface area contributed by atoms with E-state index < -0.39 is 0 Å². The molecule has 0 radical (unpaired) electrons. The number of nitrogens with one attached hydrogen (secondary N) is 2. The number of Topliss-reactive ketones (excluding diaryl/α,β-unsaturated/α-hetero) is 1. The highest BCUT2D eigenvalue weighted by Gasteiger charge is 2.24. The van der Waals surface area contributed by atoms with Gasteiger partial charge in [-0.3, -0.25) is 4.79 Å². The molecule has 4 heteroatoms. The standard InChI is InChI=1S/C22H28N2O2/c1-17-6-4-5-7-20(17)15-23-10-12-24(13-11-23)16-21-14-19(18(2)25)8-9-22(21)26-3/h4-9,14H,10-13,15-16H2,1-3H3/p+2. The third kappa shape index (κ3) is 4.51. The summed E-state index contributed by atoms with van der Waals surface area (Å²) in [6.45, 7) is 10.5. The zero-order valence-electron chi connectivity index (χ0n) is 16.1. The van der Waals surface area contributed by atoms with Gasteiger partial charge in [0.1, 0.15) is 45.0 Å². The molecule has 0 aliphatic carbocycles. The van der Waals surface area contributed by atoms with Crippen molar-refractivity contribution >= 4 is 5.78 Å². The van der Waals surface area contributed by atoms with Gasteiger partial charge in [-0.1, -0.05) is 24.3 Å². The van der Waals surface area contributed by atoms with Crippen LogP contribution in [0.3, 0.4) is 0 Å². The smallest absolute Gasteiger partial charge is 0.159 e. The maximum absolute atomic E-state index is 11.7. The summed E-state index contributed by atoms with van der Waals surface area (Å²) in [7, 11) is 1.70. The van der Waals surface area contributed by atoms with Crippen molar-refractivity contribution in [2.45, 2.75) is 26.9 Å². The number of hydrogen-bond acceptors (Lipinski definition) is 2. The van der Waals surface area contributed by atoms with E-state index in [0.717, 1.165) is 43.1 Å². The molecule has 138 valence electrons. The Morgan fingerprint density at radius 2 is 1.58 bits per heavy atom. The zero-order chi connectivity index (χ0) is 18.5. The first kappa shape index (κ1) is 18.6. The fourth-order valence-corrected chi connectivity index (χ4v) is 3.79. The highest BCUT2D eigenvalue weighted by atomic mass is 16.5. The second-order valence-corrected chi connectivity index (χ2v) is 7.36. The molecule has 0 aromatic heterocycles. The van der Waals surface area contributed by atoms with Crippen LogP contribution in [0.2, 0.25) is 0 Å². The molecule has 0 amide bonds. The van der Waals surface area contributed by atoms with Gasteiger partial charge in [-0.25, -0.2) is 0 Å². The van der Waals surface area contributed by atoms with Gasteiger partial charge in [0, 0.05) is 16.7 Å². The fraction of sp³-hybridized carbons (Fsp3) is 0.409. The van der Waals surface area contributed by atoms with Crippen molar-refractivity contribution in [1.82, 2.24) is 0 Å². The van der Waals surface area contributed by atoms with E-state index in [1.54, 1.807) is 23.8 Å². The lowest BCUT2D eigenvalue weighted by atomic mass is 10.1. The molecule has 2 aromatic rings. The Balaban J connectivity index is 1.60. The number of carbonyl (C=O) groups excluding carboxylic acids is 1. The largest absolute Gasteiger partial charge is 0.496 e. The van der Waals surface area contributed by atoms with E-state index >= 15 is 0 Å². The second kappa shape index (κ2) is 8.47. The first-order chi connectivity index (χ1) is 12.6. The fourth-order valence-electron chi connectivity index (χ4n) is 3.79. The molecule has 1 aliphatic heterocycles. The van der Waals surface area contributed by atoms with Crippen molar-refractivity contribution in [1.29, 1.82) is 0 Å². The zero-order valence-corrected chi connectivity index (χ0v) is 16.1. The Labute approximate surface area is 156 Å². The first-order valence-electron chi connectivity index (χ1n) is 9.46. The molecule has 3 rings (SSSR count). The number of methoxy groups -OCH3 is 1. The average molecular weight is 354 g/mol. The van der Waals surface area contributed by atoms with E-state index in [-0.39, 0.29) is 5.78 Å². The van der Waals surface area contributed by atoms with Crippen molar-refractivity contribution in [2.75, 3.05) is 33.3 Å². The van der Waals surface area contributed by atoms with Gasteiger partial charge in [0.2, 0.25) is 0 Å². The number of piperazine rings is 1. The normalized spacial score (nSPS) is 20.0. The van der Waals surface area contributed by atoms with Crippen LogP contribution >= 0.6 is 0 Å². The van der Waals surface area contributed by atoms with Crippen LogP contribution in [0.5, 0.6) is 5.75 Å². The summed E-state index contributed by atoms with van der Waals surface area (Å²) in [5.41, 5.74) is 4.75. The molecule has 0 bridgehead atoms. The molecule has 0 unspecified atom stereocenters. The lowest BCUT2D eigenvalue weighted by Gasteiger charge is -2.30. The maximum atomic E-state index is 11.7. The highest BCUT2D eigenvalue weighted by molar-refractivity contribution is 5.94. The summed E-state index contributed by atoms with van der Waals surface area (Å²) in [6.07, 6.45) is 0. The summed E-state index contributed by atoms with van der Waals surface area (Å²) >= 11 is 0.